The van der Waals surface area contributed by atoms with Crippen LogP contribution in [0.5, 0.6) is 0 Å². The van der Waals surface area contributed by atoms with E-state index in [1.165, 1.54) is 0 Å². The summed E-state index contributed by atoms with van der Waals surface area (Å²) >= 11 is 6.27. The molecule has 0 aliphatic carbocycles. The van der Waals surface area contributed by atoms with Crippen LogP contribution in [-0.4, -0.2) is 50.4 Å². The van der Waals surface area contributed by atoms with Gasteiger partial charge in [0.25, 0.3) is 5.91 Å². The lowest BCUT2D eigenvalue weighted by Gasteiger charge is -2.13. The molecule has 0 spiro atoms. The highest BCUT2D eigenvalue weighted by Crippen LogP contribution is 2.22. The quantitative estimate of drug-likeness (QED) is 0.900. The van der Waals surface area contributed by atoms with Gasteiger partial charge in [0.2, 0.25) is 5.82 Å². The van der Waals surface area contributed by atoms with Crippen LogP contribution in [0.25, 0.3) is 5.69 Å². The molecular weight excluding hydrogens is 328 g/mol. The van der Waals surface area contributed by atoms with Crippen molar-refractivity contribution in [3.8, 4) is 5.69 Å². The van der Waals surface area contributed by atoms with Crippen molar-refractivity contribution in [2.24, 2.45) is 5.92 Å². The average Bonchev–Trinajstić information content (AvgIpc) is 3.22. The maximum absolute atomic E-state index is 12.7. The van der Waals surface area contributed by atoms with E-state index in [9.17, 15) is 9.90 Å². The summed E-state index contributed by atoms with van der Waals surface area (Å²) in [5.74, 6) is 0.882. The van der Waals surface area contributed by atoms with Crippen LogP contribution >= 0.6 is 11.6 Å². The summed E-state index contributed by atoms with van der Waals surface area (Å²) in [6.45, 7) is 3.35. The maximum Gasteiger partial charge on any atom is 0.293 e. The van der Waals surface area contributed by atoms with E-state index in [-0.39, 0.29) is 24.3 Å². The van der Waals surface area contributed by atoms with Crippen LogP contribution < -0.4 is 0 Å². The zero-order valence-electron chi connectivity index (χ0n) is 13.7. The Bertz CT molecular complexity index is 731. The van der Waals surface area contributed by atoms with Gasteiger partial charge in [-0.3, -0.25) is 4.79 Å². The molecule has 3 rings (SSSR count). The van der Waals surface area contributed by atoms with Gasteiger partial charge in [-0.2, -0.15) is 0 Å². The molecule has 7 heteroatoms. The zero-order valence-corrected chi connectivity index (χ0v) is 14.4. The van der Waals surface area contributed by atoms with Crippen LogP contribution in [0.15, 0.2) is 24.3 Å². The van der Waals surface area contributed by atoms with Gasteiger partial charge in [0.15, 0.2) is 0 Å². The van der Waals surface area contributed by atoms with Crippen molar-refractivity contribution in [2.75, 3.05) is 19.7 Å². The lowest BCUT2D eigenvalue weighted by atomic mass is 10.1. The topological polar surface area (TPSA) is 71.2 Å². The normalized spacial score (nSPS) is 17.5. The summed E-state index contributed by atoms with van der Waals surface area (Å²) in [6.07, 6.45) is 2.42. The predicted octanol–water partition coefficient (Wildman–Crippen LogP) is 2.33. The standard InChI is InChI=1S/C17H21ClN4O2/c1-2-5-15-19-16(17(24)21-9-8-12(10-21)11-23)20-22(15)14-7-4-3-6-13(14)18/h3-4,6-7,12,23H,2,5,8-11H2,1H3. The minimum atomic E-state index is -0.186. The number of aliphatic hydroxyl groups excluding tert-OH is 1. The zero-order chi connectivity index (χ0) is 17.1. The number of halogens is 1. The molecule has 1 saturated heterocycles. The van der Waals surface area contributed by atoms with E-state index >= 15 is 0 Å². The molecule has 0 radical (unpaired) electrons. The van der Waals surface area contributed by atoms with Crippen LogP contribution in [0.1, 0.15) is 36.2 Å². The number of para-hydroxylation sites is 1. The van der Waals surface area contributed by atoms with Crippen LogP contribution in [0.4, 0.5) is 0 Å². The first-order valence-electron chi connectivity index (χ1n) is 8.25. The lowest BCUT2D eigenvalue weighted by molar-refractivity contribution is 0.0770. The number of aliphatic hydroxyl groups is 1. The molecule has 1 amide bonds. The summed E-state index contributed by atoms with van der Waals surface area (Å²) in [5, 5.41) is 14.2. The molecule has 1 N–H and O–H groups in total. The van der Waals surface area contributed by atoms with Gasteiger partial charge < -0.3 is 10.0 Å². The number of hydrogen-bond donors (Lipinski definition) is 1. The Balaban J connectivity index is 1.92. The Hall–Kier alpha value is -1.92. The fraction of sp³-hybridized carbons (Fsp3) is 0.471. The van der Waals surface area contributed by atoms with Crippen LogP contribution in [0.2, 0.25) is 5.02 Å². The largest absolute Gasteiger partial charge is 0.396 e. The second-order valence-electron chi connectivity index (χ2n) is 6.05. The molecule has 1 unspecified atom stereocenters. The number of amides is 1. The minimum absolute atomic E-state index is 0.104. The second-order valence-corrected chi connectivity index (χ2v) is 6.46. The first-order valence-corrected chi connectivity index (χ1v) is 8.62. The number of carbonyl (C=O) groups excluding carboxylic acids is 1. The Labute approximate surface area is 146 Å². The van der Waals surface area contributed by atoms with Gasteiger partial charge in [-0.1, -0.05) is 30.7 Å². The van der Waals surface area contributed by atoms with E-state index < -0.39 is 0 Å². The summed E-state index contributed by atoms with van der Waals surface area (Å²) in [6, 6.07) is 7.39. The van der Waals surface area contributed by atoms with E-state index in [4.69, 9.17) is 11.6 Å². The molecule has 1 fully saturated rings. The molecule has 0 saturated carbocycles. The Morgan fingerprint density at radius 3 is 2.88 bits per heavy atom. The van der Waals surface area contributed by atoms with Crippen molar-refractivity contribution < 1.29 is 9.90 Å². The number of rotatable bonds is 5. The first kappa shape index (κ1) is 16.9. The monoisotopic (exact) mass is 348 g/mol. The molecule has 2 aromatic rings. The first-order chi connectivity index (χ1) is 11.6. The molecule has 1 aromatic carbocycles. The Kier molecular flexibility index (Phi) is 5.16. The number of benzene rings is 1. The van der Waals surface area contributed by atoms with Gasteiger partial charge in [-0.15, -0.1) is 5.10 Å². The van der Waals surface area contributed by atoms with Gasteiger partial charge in [0, 0.05) is 32.0 Å². The van der Waals surface area contributed by atoms with Crippen molar-refractivity contribution in [1.82, 2.24) is 19.7 Å². The highest BCUT2D eigenvalue weighted by atomic mass is 35.5. The molecule has 1 aliphatic heterocycles. The Morgan fingerprint density at radius 2 is 2.21 bits per heavy atom. The van der Waals surface area contributed by atoms with Crippen molar-refractivity contribution in [3.05, 3.63) is 40.9 Å². The second kappa shape index (κ2) is 7.32. The predicted molar refractivity (Wildman–Crippen MR) is 91.5 cm³/mol. The highest BCUT2D eigenvalue weighted by molar-refractivity contribution is 6.32. The summed E-state index contributed by atoms with van der Waals surface area (Å²) in [7, 11) is 0. The van der Waals surface area contributed by atoms with Crippen LogP contribution in [0.3, 0.4) is 0 Å². The van der Waals surface area contributed by atoms with Crippen LogP contribution in [-0.2, 0) is 6.42 Å². The summed E-state index contributed by atoms with van der Waals surface area (Å²) in [4.78, 5) is 18.8. The molecule has 6 nitrogen and oxygen atoms in total. The third-order valence-electron chi connectivity index (χ3n) is 4.25. The van der Waals surface area contributed by atoms with Gasteiger partial charge in [0.1, 0.15) is 5.82 Å². The number of nitrogens with zero attached hydrogens (tertiary/aromatic N) is 4. The smallest absolute Gasteiger partial charge is 0.293 e. The number of aryl methyl sites for hydroxylation is 1. The van der Waals surface area contributed by atoms with Crippen molar-refractivity contribution in [2.45, 2.75) is 26.2 Å². The highest BCUT2D eigenvalue weighted by Gasteiger charge is 2.29. The lowest BCUT2D eigenvalue weighted by Crippen LogP contribution is -2.30. The fourth-order valence-electron chi connectivity index (χ4n) is 2.94. The molecule has 1 aliphatic rings. The maximum atomic E-state index is 12.7. The number of hydrogen-bond acceptors (Lipinski definition) is 4. The molecular formula is C17H21ClN4O2. The average molecular weight is 349 g/mol. The fourth-order valence-corrected chi connectivity index (χ4v) is 3.16. The minimum Gasteiger partial charge on any atom is -0.396 e. The summed E-state index contributed by atoms with van der Waals surface area (Å²) in [5.41, 5.74) is 0.726. The molecule has 0 bridgehead atoms. The Morgan fingerprint density at radius 1 is 1.42 bits per heavy atom. The number of carbonyl (C=O) groups is 1. The molecule has 24 heavy (non-hydrogen) atoms. The van der Waals surface area contributed by atoms with Crippen LogP contribution in [0, 0.1) is 5.92 Å². The van der Waals surface area contributed by atoms with E-state index in [0.29, 0.717) is 24.5 Å². The third-order valence-corrected chi connectivity index (χ3v) is 4.57. The van der Waals surface area contributed by atoms with Gasteiger partial charge >= 0.3 is 0 Å². The van der Waals surface area contributed by atoms with Crippen molar-refractivity contribution in [3.63, 3.8) is 0 Å². The van der Waals surface area contributed by atoms with E-state index in [0.717, 1.165) is 24.4 Å². The van der Waals surface area contributed by atoms with Crippen molar-refractivity contribution >= 4 is 17.5 Å². The number of likely N-dealkylation sites (tertiary alicyclic amines) is 1. The summed E-state index contributed by atoms with van der Waals surface area (Å²) < 4.78 is 1.67. The molecule has 1 atom stereocenters. The van der Waals surface area contributed by atoms with Crippen molar-refractivity contribution in [1.29, 1.82) is 0 Å². The number of aromatic nitrogens is 3. The van der Waals surface area contributed by atoms with Gasteiger partial charge in [0.05, 0.1) is 10.7 Å². The molecule has 128 valence electrons. The molecule has 1 aromatic heterocycles. The van der Waals surface area contributed by atoms with E-state index in [1.54, 1.807) is 15.6 Å². The SMILES string of the molecule is CCCc1nc(C(=O)N2CCC(CO)C2)nn1-c1ccccc1Cl. The van der Waals surface area contributed by atoms with Gasteiger partial charge in [-0.05, 0) is 25.0 Å². The van der Waals surface area contributed by atoms with Gasteiger partial charge in [-0.25, -0.2) is 9.67 Å². The van der Waals surface area contributed by atoms with E-state index in [2.05, 4.69) is 17.0 Å². The third kappa shape index (κ3) is 3.30. The molecule has 2 heterocycles. The van der Waals surface area contributed by atoms with E-state index in [1.807, 2.05) is 18.2 Å².